The zero-order valence-electron chi connectivity index (χ0n) is 35.6. The Bertz CT molecular complexity index is 1330. The second kappa shape index (κ2) is 21.5. The molecule has 0 radical (unpaired) electrons. The third kappa shape index (κ3) is 11.1. The molecule has 12 heteroatoms. The highest BCUT2D eigenvalue weighted by molar-refractivity contribution is 7.52. The lowest BCUT2D eigenvalue weighted by Gasteiger charge is -2.65. The van der Waals surface area contributed by atoms with Gasteiger partial charge in [0, 0.05) is 19.4 Å². The number of ether oxygens (including phenoxy) is 3. The molecule has 0 aromatic carbocycles. The molecule has 57 heavy (non-hydrogen) atoms. The average molecular weight is 827 g/mol. The zero-order valence-corrected chi connectivity index (χ0v) is 36.5. The maximum absolute atomic E-state index is 12.9. The van der Waals surface area contributed by atoms with Gasteiger partial charge in [0.15, 0.2) is 6.29 Å². The van der Waals surface area contributed by atoms with Crippen molar-refractivity contribution in [3.63, 3.8) is 0 Å². The van der Waals surface area contributed by atoms with Crippen LogP contribution in [0.5, 0.6) is 0 Å². The summed E-state index contributed by atoms with van der Waals surface area (Å²) in [6.45, 7) is 9.60. The third-order valence-corrected chi connectivity index (χ3v) is 17.5. The molecule has 5 rings (SSSR count). The fourth-order valence-electron chi connectivity index (χ4n) is 12.8. The van der Waals surface area contributed by atoms with Crippen molar-refractivity contribution in [1.29, 1.82) is 0 Å². The molecular weight excluding hydrogens is 747 g/mol. The lowest BCUT2D eigenvalue weighted by Crippen LogP contribution is -2.65. The van der Waals surface area contributed by atoms with Crippen LogP contribution in [-0.2, 0) is 18.8 Å². The fraction of sp³-hybridized carbons (Fsp3) is 0.956. The molecule has 2 unspecified atom stereocenters. The van der Waals surface area contributed by atoms with Gasteiger partial charge in [0.2, 0.25) is 0 Å². The van der Waals surface area contributed by atoms with Gasteiger partial charge >= 0.3 is 7.60 Å². The van der Waals surface area contributed by atoms with E-state index in [1.807, 2.05) is 6.92 Å². The summed E-state index contributed by atoms with van der Waals surface area (Å²) in [4.78, 5) is 21.0. The summed E-state index contributed by atoms with van der Waals surface area (Å²) in [7, 11) is -4.55. The molecule has 1 aliphatic heterocycles. The van der Waals surface area contributed by atoms with Crippen molar-refractivity contribution in [1.82, 2.24) is 0 Å². The van der Waals surface area contributed by atoms with Crippen molar-refractivity contribution in [2.45, 2.75) is 205 Å². The minimum absolute atomic E-state index is 0.0237. The molecule has 0 aromatic heterocycles. The van der Waals surface area contributed by atoms with Crippen molar-refractivity contribution < 1.29 is 54.1 Å². The Kier molecular flexibility index (Phi) is 17.9. The lowest BCUT2D eigenvalue weighted by atomic mass is 9.43. The van der Waals surface area contributed by atoms with E-state index in [1.165, 1.54) is 57.8 Å². The van der Waals surface area contributed by atoms with Crippen LogP contribution in [0, 0.1) is 58.2 Å². The Balaban J connectivity index is 1.04. The SMILES string of the molecule is CCCCCCCCCCCCC#CCCOC[C@@H]1OC(O)[C@@H](O)[C@@H]1OCCC[C@@H](C)[C@H]1CC[C@H]2[C@@H]3[C@H](O)C[C@@H]4C[C@H](O)CC(P(=O)(O)O)[C@]4(C)[C@H]3C[C@H](O)[C@]12C. The molecule has 11 nitrogen and oxygen atoms in total. The highest BCUT2D eigenvalue weighted by Gasteiger charge is 2.69. The first-order valence-electron chi connectivity index (χ1n) is 22.9. The fourth-order valence-corrected chi connectivity index (χ4v) is 14.4. The first-order valence-corrected chi connectivity index (χ1v) is 24.6. The van der Waals surface area contributed by atoms with Crippen LogP contribution in [0.25, 0.3) is 0 Å². The van der Waals surface area contributed by atoms with Crippen LogP contribution in [0.1, 0.15) is 156 Å². The standard InChI is InChI=1S/C45H79O11P/c1-5-6-7-8-9-10-11-12-13-14-15-16-17-18-23-54-29-37-42(41(49)43(50)56-37)55-24-19-20-30(2)33-21-22-34-40-35(28-38(48)45(33,34)4)44(3)31(26-36(40)47)25-32(46)27-39(44)57(51,52)53/h30-43,46-50H,5-15,18-29H2,1-4H3,(H2,51,52,53)/t30-,31+,32+,33-,34+,35+,36-,37+,38+,39?,40+,41+,42-,43?,44+,45-/m1/s1. The zero-order chi connectivity index (χ0) is 41.4. The summed E-state index contributed by atoms with van der Waals surface area (Å²) < 4.78 is 30.4. The van der Waals surface area contributed by atoms with Crippen molar-refractivity contribution in [3.05, 3.63) is 0 Å². The third-order valence-electron chi connectivity index (χ3n) is 15.9. The predicted octanol–water partition coefficient (Wildman–Crippen LogP) is 6.70. The van der Waals surface area contributed by atoms with Gasteiger partial charge in [0.1, 0.15) is 18.3 Å². The molecule has 0 bridgehead atoms. The molecule has 5 fully saturated rings. The maximum Gasteiger partial charge on any atom is 0.329 e. The van der Waals surface area contributed by atoms with Gasteiger partial charge in [0.05, 0.1) is 37.2 Å². The summed E-state index contributed by atoms with van der Waals surface area (Å²) in [6.07, 6.45) is 13.3. The van der Waals surface area contributed by atoms with Gasteiger partial charge in [-0.1, -0.05) is 85.5 Å². The van der Waals surface area contributed by atoms with E-state index in [1.54, 1.807) is 0 Å². The topological polar surface area (TPSA) is 186 Å². The van der Waals surface area contributed by atoms with E-state index >= 15 is 0 Å². The smallest absolute Gasteiger partial charge is 0.329 e. The van der Waals surface area contributed by atoms with Gasteiger partial charge in [-0.25, -0.2) is 0 Å². The second-order valence-electron chi connectivity index (χ2n) is 19.3. The molecule has 4 aliphatic carbocycles. The molecule has 1 heterocycles. The Morgan fingerprint density at radius 3 is 2.14 bits per heavy atom. The van der Waals surface area contributed by atoms with Crippen molar-refractivity contribution in [3.8, 4) is 11.8 Å². The second-order valence-corrected chi connectivity index (χ2v) is 21.1. The maximum atomic E-state index is 12.9. The first kappa shape index (κ1) is 47.4. The monoisotopic (exact) mass is 827 g/mol. The lowest BCUT2D eigenvalue weighted by molar-refractivity contribution is -0.206. The van der Waals surface area contributed by atoms with Gasteiger partial charge < -0.3 is 49.5 Å². The van der Waals surface area contributed by atoms with E-state index in [4.69, 9.17) is 14.2 Å². The molecule has 0 spiro atoms. The Labute approximate surface area is 343 Å². The highest BCUT2D eigenvalue weighted by Crippen LogP contribution is 2.71. The van der Waals surface area contributed by atoms with E-state index in [9.17, 15) is 39.9 Å². The number of fused-ring (bicyclic) bond motifs is 5. The number of unbranched alkanes of at least 4 members (excludes halogenated alkanes) is 10. The molecule has 330 valence electrons. The normalized spacial score (nSPS) is 40.9. The van der Waals surface area contributed by atoms with Crippen LogP contribution in [0.15, 0.2) is 0 Å². The van der Waals surface area contributed by atoms with E-state index in [-0.39, 0.29) is 48.5 Å². The van der Waals surface area contributed by atoms with Crippen LogP contribution in [0.3, 0.4) is 0 Å². The summed E-state index contributed by atoms with van der Waals surface area (Å²) in [5.41, 5.74) is -2.22. The molecule has 1 saturated heterocycles. The minimum Gasteiger partial charge on any atom is -0.393 e. The molecule has 5 aliphatic rings. The minimum atomic E-state index is -4.55. The quantitative estimate of drug-likeness (QED) is 0.0371. The molecule has 16 atom stereocenters. The Morgan fingerprint density at radius 1 is 0.789 bits per heavy atom. The summed E-state index contributed by atoms with van der Waals surface area (Å²) in [5, 5.41) is 55.2. The molecule has 4 saturated carbocycles. The van der Waals surface area contributed by atoms with E-state index in [0.717, 1.165) is 38.5 Å². The average Bonchev–Trinajstić information content (AvgIpc) is 3.65. The van der Waals surface area contributed by atoms with Crippen LogP contribution >= 0.6 is 7.60 Å². The van der Waals surface area contributed by atoms with Crippen molar-refractivity contribution in [2.75, 3.05) is 19.8 Å². The summed E-state index contributed by atoms with van der Waals surface area (Å²) >= 11 is 0. The molecule has 7 N–H and O–H groups in total. The van der Waals surface area contributed by atoms with Crippen molar-refractivity contribution in [2.24, 2.45) is 46.3 Å². The highest BCUT2D eigenvalue weighted by atomic mass is 31.2. The van der Waals surface area contributed by atoms with E-state index in [0.29, 0.717) is 38.9 Å². The summed E-state index contributed by atoms with van der Waals surface area (Å²) in [5.74, 6) is 6.28. The number of aliphatic hydroxyl groups excluding tert-OH is 5. The van der Waals surface area contributed by atoms with E-state index < -0.39 is 67.0 Å². The van der Waals surface area contributed by atoms with Crippen LogP contribution in [0.2, 0.25) is 0 Å². The van der Waals surface area contributed by atoms with Crippen molar-refractivity contribution >= 4 is 7.60 Å². The number of rotatable bonds is 21. The predicted molar refractivity (Wildman–Crippen MR) is 220 cm³/mol. The number of hydrogen-bond donors (Lipinski definition) is 7. The Morgan fingerprint density at radius 2 is 1.46 bits per heavy atom. The van der Waals surface area contributed by atoms with Gasteiger partial charge in [-0.2, -0.15) is 0 Å². The van der Waals surface area contributed by atoms with Crippen LogP contribution in [-0.4, -0.2) is 104 Å². The molecule has 0 amide bonds. The largest absolute Gasteiger partial charge is 0.393 e. The Hall–Kier alpha value is -0.610. The first-order chi connectivity index (χ1) is 27.1. The number of hydrogen-bond acceptors (Lipinski definition) is 9. The number of aliphatic hydroxyl groups is 5. The van der Waals surface area contributed by atoms with Gasteiger partial charge in [0.25, 0.3) is 0 Å². The van der Waals surface area contributed by atoms with Gasteiger partial charge in [-0.3, -0.25) is 4.57 Å². The van der Waals surface area contributed by atoms with Crippen LogP contribution < -0.4 is 0 Å². The van der Waals surface area contributed by atoms with E-state index in [2.05, 4.69) is 32.6 Å². The molecule has 0 aromatic rings. The van der Waals surface area contributed by atoms with Crippen LogP contribution in [0.4, 0.5) is 0 Å². The van der Waals surface area contributed by atoms with Gasteiger partial charge in [-0.05, 0) is 104 Å². The van der Waals surface area contributed by atoms with Gasteiger partial charge in [-0.15, -0.1) is 11.8 Å². The summed E-state index contributed by atoms with van der Waals surface area (Å²) in [6, 6.07) is 0. The molecular formula is C45H79O11P.